The van der Waals surface area contributed by atoms with Gasteiger partial charge in [0.25, 0.3) is 5.91 Å². The maximum atomic E-state index is 12.3. The fourth-order valence-corrected chi connectivity index (χ4v) is 2.05. The van der Waals surface area contributed by atoms with Crippen molar-refractivity contribution in [1.29, 1.82) is 0 Å². The van der Waals surface area contributed by atoms with E-state index in [0.717, 1.165) is 12.1 Å². The minimum atomic E-state index is -0.208. The Hall–Kier alpha value is -2.01. The number of hydrogen-bond acceptors (Lipinski definition) is 3. The zero-order valence-corrected chi connectivity index (χ0v) is 12.2. The number of carbonyl (C=O) groups excluding carboxylic acids is 1. The van der Waals surface area contributed by atoms with Gasteiger partial charge in [0.2, 0.25) is 0 Å². The van der Waals surface area contributed by atoms with Crippen LogP contribution in [0.3, 0.4) is 0 Å². The standard InChI is InChI=1S/C14H17ClN4O/c1-3-9-8-13(19(4-2)18-9)14(20)17-10-5-6-12(16)11(15)7-10/h5-8H,3-4,16H2,1-2H3,(H,17,20). The minimum absolute atomic E-state index is 0.208. The van der Waals surface area contributed by atoms with Crippen molar-refractivity contribution in [3.63, 3.8) is 0 Å². The molecule has 0 unspecified atom stereocenters. The third-order valence-electron chi connectivity index (χ3n) is 2.98. The number of rotatable bonds is 4. The van der Waals surface area contributed by atoms with Gasteiger partial charge in [-0.15, -0.1) is 0 Å². The molecule has 0 spiro atoms. The van der Waals surface area contributed by atoms with E-state index in [4.69, 9.17) is 17.3 Å². The molecule has 1 aromatic heterocycles. The minimum Gasteiger partial charge on any atom is -0.398 e. The van der Waals surface area contributed by atoms with E-state index in [9.17, 15) is 4.79 Å². The summed E-state index contributed by atoms with van der Waals surface area (Å²) in [4.78, 5) is 12.3. The molecule has 1 amide bonds. The summed E-state index contributed by atoms with van der Waals surface area (Å²) in [5.41, 5.74) is 8.16. The molecular weight excluding hydrogens is 276 g/mol. The lowest BCUT2D eigenvalue weighted by molar-refractivity contribution is 0.101. The van der Waals surface area contributed by atoms with Gasteiger partial charge in [-0.05, 0) is 37.6 Å². The Morgan fingerprint density at radius 1 is 1.40 bits per heavy atom. The van der Waals surface area contributed by atoms with Gasteiger partial charge in [-0.3, -0.25) is 9.48 Å². The molecule has 3 N–H and O–H groups in total. The maximum absolute atomic E-state index is 12.3. The van der Waals surface area contributed by atoms with Crippen LogP contribution >= 0.6 is 11.6 Å². The predicted octanol–water partition coefficient (Wildman–Crippen LogP) is 2.95. The fourth-order valence-electron chi connectivity index (χ4n) is 1.87. The molecule has 0 saturated heterocycles. The number of aryl methyl sites for hydroxylation is 2. The highest BCUT2D eigenvalue weighted by Gasteiger charge is 2.14. The average molecular weight is 293 g/mol. The summed E-state index contributed by atoms with van der Waals surface area (Å²) in [6.07, 6.45) is 0.793. The molecule has 0 saturated carbocycles. The number of aromatic nitrogens is 2. The molecule has 0 aliphatic rings. The summed E-state index contributed by atoms with van der Waals surface area (Å²) >= 11 is 5.93. The maximum Gasteiger partial charge on any atom is 0.273 e. The number of hydrogen-bond donors (Lipinski definition) is 2. The second-order valence-electron chi connectivity index (χ2n) is 4.38. The molecule has 2 aromatic rings. The van der Waals surface area contributed by atoms with Crippen molar-refractivity contribution < 1.29 is 4.79 Å². The monoisotopic (exact) mass is 292 g/mol. The van der Waals surface area contributed by atoms with E-state index in [-0.39, 0.29) is 5.91 Å². The smallest absolute Gasteiger partial charge is 0.273 e. The van der Waals surface area contributed by atoms with Crippen LogP contribution in [0.5, 0.6) is 0 Å². The van der Waals surface area contributed by atoms with Crippen LogP contribution in [-0.4, -0.2) is 15.7 Å². The summed E-state index contributed by atoms with van der Waals surface area (Å²) in [5.74, 6) is -0.208. The predicted molar refractivity (Wildman–Crippen MR) is 81.1 cm³/mol. The first-order valence-corrected chi connectivity index (χ1v) is 6.86. The van der Waals surface area contributed by atoms with Crippen LogP contribution in [0.25, 0.3) is 0 Å². The molecule has 0 atom stereocenters. The van der Waals surface area contributed by atoms with Gasteiger partial charge in [-0.25, -0.2) is 0 Å². The Bertz CT molecular complexity index is 636. The Labute approximate surface area is 122 Å². The molecule has 2 rings (SSSR count). The van der Waals surface area contributed by atoms with Gasteiger partial charge < -0.3 is 11.1 Å². The van der Waals surface area contributed by atoms with Crippen molar-refractivity contribution >= 4 is 28.9 Å². The second kappa shape index (κ2) is 5.96. The zero-order valence-electron chi connectivity index (χ0n) is 11.5. The molecule has 5 nitrogen and oxygen atoms in total. The van der Waals surface area contributed by atoms with E-state index < -0.39 is 0 Å². The number of halogens is 1. The van der Waals surface area contributed by atoms with Gasteiger partial charge in [-0.2, -0.15) is 5.10 Å². The van der Waals surface area contributed by atoms with Gasteiger partial charge in [0.1, 0.15) is 5.69 Å². The second-order valence-corrected chi connectivity index (χ2v) is 4.79. The molecule has 0 aliphatic heterocycles. The molecule has 0 fully saturated rings. The molecular formula is C14H17ClN4O. The Morgan fingerprint density at radius 2 is 2.15 bits per heavy atom. The number of anilines is 2. The molecule has 0 aliphatic carbocycles. The zero-order chi connectivity index (χ0) is 14.7. The number of nitrogen functional groups attached to an aromatic ring is 1. The van der Waals surface area contributed by atoms with Crippen molar-refractivity contribution in [3.05, 3.63) is 40.7 Å². The SMILES string of the molecule is CCc1cc(C(=O)Nc2ccc(N)c(Cl)c2)n(CC)n1. The molecule has 0 radical (unpaired) electrons. The highest BCUT2D eigenvalue weighted by molar-refractivity contribution is 6.33. The van der Waals surface area contributed by atoms with Gasteiger partial charge in [0.05, 0.1) is 16.4 Å². The normalized spacial score (nSPS) is 10.6. The summed E-state index contributed by atoms with van der Waals surface area (Å²) in [6, 6.07) is 6.80. The summed E-state index contributed by atoms with van der Waals surface area (Å²) < 4.78 is 1.69. The van der Waals surface area contributed by atoms with Gasteiger partial charge in [0, 0.05) is 12.2 Å². The third kappa shape index (κ3) is 2.93. The third-order valence-corrected chi connectivity index (χ3v) is 3.31. The molecule has 6 heteroatoms. The summed E-state index contributed by atoms with van der Waals surface area (Å²) in [7, 11) is 0. The molecule has 1 aromatic carbocycles. The lowest BCUT2D eigenvalue weighted by Gasteiger charge is -2.07. The van der Waals surface area contributed by atoms with Gasteiger partial charge >= 0.3 is 0 Å². The number of carbonyl (C=O) groups is 1. The summed E-state index contributed by atoms with van der Waals surface area (Å²) in [5, 5.41) is 7.57. The Morgan fingerprint density at radius 3 is 2.75 bits per heavy atom. The number of nitrogens with one attached hydrogen (secondary N) is 1. The lowest BCUT2D eigenvalue weighted by Crippen LogP contribution is -2.17. The van der Waals surface area contributed by atoms with E-state index in [1.165, 1.54) is 0 Å². The summed E-state index contributed by atoms with van der Waals surface area (Å²) in [6.45, 7) is 4.60. The number of nitrogens with two attached hydrogens (primary N) is 1. The van der Waals surface area contributed by atoms with Crippen molar-refractivity contribution in [3.8, 4) is 0 Å². The Balaban J connectivity index is 2.23. The number of benzene rings is 1. The molecule has 0 bridgehead atoms. The van der Waals surface area contributed by atoms with Crippen molar-refractivity contribution in [2.24, 2.45) is 0 Å². The largest absolute Gasteiger partial charge is 0.398 e. The topological polar surface area (TPSA) is 72.9 Å². The van der Waals surface area contributed by atoms with Gasteiger partial charge in [-0.1, -0.05) is 18.5 Å². The van der Waals surface area contributed by atoms with Crippen LogP contribution in [0.4, 0.5) is 11.4 Å². The van der Waals surface area contributed by atoms with Crippen LogP contribution < -0.4 is 11.1 Å². The Kier molecular flexibility index (Phi) is 4.29. The van der Waals surface area contributed by atoms with E-state index in [1.807, 2.05) is 13.8 Å². The highest BCUT2D eigenvalue weighted by atomic mass is 35.5. The first-order chi connectivity index (χ1) is 9.55. The van der Waals surface area contributed by atoms with Gasteiger partial charge in [0.15, 0.2) is 0 Å². The first-order valence-electron chi connectivity index (χ1n) is 6.48. The molecule has 106 valence electrons. The average Bonchev–Trinajstić information content (AvgIpc) is 2.86. The molecule has 20 heavy (non-hydrogen) atoms. The van der Waals surface area contributed by atoms with Crippen LogP contribution in [0.1, 0.15) is 30.0 Å². The van der Waals surface area contributed by atoms with Crippen molar-refractivity contribution in [1.82, 2.24) is 9.78 Å². The number of amides is 1. The van der Waals surface area contributed by atoms with Crippen molar-refractivity contribution in [2.45, 2.75) is 26.8 Å². The van der Waals surface area contributed by atoms with Crippen LogP contribution in [0.15, 0.2) is 24.3 Å². The fraction of sp³-hybridized carbons (Fsp3) is 0.286. The van der Waals surface area contributed by atoms with E-state index >= 15 is 0 Å². The van der Waals surface area contributed by atoms with E-state index in [0.29, 0.717) is 28.6 Å². The lowest BCUT2D eigenvalue weighted by atomic mass is 10.2. The van der Waals surface area contributed by atoms with Crippen LogP contribution in [-0.2, 0) is 13.0 Å². The van der Waals surface area contributed by atoms with E-state index in [2.05, 4.69) is 10.4 Å². The highest BCUT2D eigenvalue weighted by Crippen LogP contribution is 2.23. The number of nitrogens with zero attached hydrogens (tertiary/aromatic N) is 2. The van der Waals surface area contributed by atoms with Crippen molar-refractivity contribution in [2.75, 3.05) is 11.1 Å². The van der Waals surface area contributed by atoms with E-state index in [1.54, 1.807) is 28.9 Å². The van der Waals surface area contributed by atoms with Crippen LogP contribution in [0.2, 0.25) is 5.02 Å². The quantitative estimate of drug-likeness (QED) is 0.851. The molecule has 1 heterocycles. The first kappa shape index (κ1) is 14.4. The van der Waals surface area contributed by atoms with Crippen LogP contribution in [0, 0.1) is 0 Å².